The normalized spacial score (nSPS) is 17.4. The average molecular weight is 286 g/mol. The third kappa shape index (κ3) is 3.01. The van der Waals surface area contributed by atoms with Crippen molar-refractivity contribution < 1.29 is 5.11 Å². The average Bonchev–Trinajstić information content (AvgIpc) is 2.97. The Hall–Kier alpha value is -1.65. The molecule has 1 aliphatic carbocycles. The molecule has 4 heteroatoms. The summed E-state index contributed by atoms with van der Waals surface area (Å²) >= 11 is 0. The zero-order valence-electron chi connectivity index (χ0n) is 12.2. The minimum absolute atomic E-state index is 0.0175. The summed E-state index contributed by atoms with van der Waals surface area (Å²) in [5, 5.41) is 14.0. The van der Waals surface area contributed by atoms with Gasteiger partial charge < -0.3 is 15.4 Å². The second-order valence-electron chi connectivity index (χ2n) is 6.18. The Labute approximate surface area is 124 Å². The number of aliphatic hydroxyl groups is 1. The van der Waals surface area contributed by atoms with Gasteiger partial charge in [0.15, 0.2) is 0 Å². The summed E-state index contributed by atoms with van der Waals surface area (Å²) < 4.78 is 0. The molecule has 0 atom stereocenters. The highest BCUT2D eigenvalue weighted by molar-refractivity contribution is 5.78. The van der Waals surface area contributed by atoms with E-state index in [0.717, 1.165) is 35.9 Å². The number of aliphatic hydroxyl groups excluding tert-OH is 1. The van der Waals surface area contributed by atoms with Crippen molar-refractivity contribution >= 4 is 10.9 Å². The lowest BCUT2D eigenvalue weighted by Crippen LogP contribution is -2.35. The lowest BCUT2D eigenvalue weighted by molar-refractivity contribution is 0.128. The summed E-state index contributed by atoms with van der Waals surface area (Å²) in [7, 11) is 0. The number of hydrogen-bond donors (Lipinski definition) is 3. The van der Waals surface area contributed by atoms with Crippen LogP contribution < -0.4 is 10.9 Å². The molecule has 1 aromatic carbocycles. The second kappa shape index (κ2) is 6.00. The third-order valence-corrected chi connectivity index (χ3v) is 4.65. The Morgan fingerprint density at radius 2 is 2.00 bits per heavy atom. The monoisotopic (exact) mass is 286 g/mol. The molecular weight excluding hydrogens is 264 g/mol. The van der Waals surface area contributed by atoms with Gasteiger partial charge in [0.2, 0.25) is 0 Å². The molecule has 0 amide bonds. The standard InChI is InChI=1S/C17H22N2O2/c20-12-17(7-3-4-8-17)11-18-10-14-9-13-5-1-2-6-15(13)19-16(14)21/h1-2,5-6,9,18,20H,3-4,7-8,10-12H2,(H,19,21). The lowest BCUT2D eigenvalue weighted by atomic mass is 9.87. The molecule has 3 N–H and O–H groups in total. The number of hydrogen-bond acceptors (Lipinski definition) is 3. The van der Waals surface area contributed by atoms with E-state index < -0.39 is 0 Å². The first-order chi connectivity index (χ1) is 10.2. The van der Waals surface area contributed by atoms with E-state index in [9.17, 15) is 9.90 Å². The van der Waals surface area contributed by atoms with Crippen molar-refractivity contribution in [3.8, 4) is 0 Å². The van der Waals surface area contributed by atoms with Crippen LogP contribution in [0.4, 0.5) is 0 Å². The van der Waals surface area contributed by atoms with Crippen LogP contribution in [0.5, 0.6) is 0 Å². The van der Waals surface area contributed by atoms with Crippen LogP contribution in [-0.4, -0.2) is 23.2 Å². The summed E-state index contributed by atoms with van der Waals surface area (Å²) in [6.45, 7) is 1.55. The molecule has 1 saturated carbocycles. The van der Waals surface area contributed by atoms with Gasteiger partial charge in [-0.05, 0) is 30.4 Å². The first-order valence-corrected chi connectivity index (χ1v) is 7.65. The molecule has 3 rings (SSSR count). The van der Waals surface area contributed by atoms with E-state index in [1.54, 1.807) is 0 Å². The number of rotatable bonds is 5. The molecule has 0 unspecified atom stereocenters. The van der Waals surface area contributed by atoms with Crippen molar-refractivity contribution in [2.24, 2.45) is 5.41 Å². The second-order valence-corrected chi connectivity index (χ2v) is 6.18. The van der Waals surface area contributed by atoms with E-state index >= 15 is 0 Å². The maximum atomic E-state index is 12.1. The highest BCUT2D eigenvalue weighted by Crippen LogP contribution is 2.36. The smallest absolute Gasteiger partial charge is 0.252 e. The van der Waals surface area contributed by atoms with Crippen molar-refractivity contribution in [2.45, 2.75) is 32.2 Å². The summed E-state index contributed by atoms with van der Waals surface area (Å²) in [6.07, 6.45) is 4.53. The lowest BCUT2D eigenvalue weighted by Gasteiger charge is -2.26. The Bertz CT molecular complexity index is 672. The number of fused-ring (bicyclic) bond motifs is 1. The van der Waals surface area contributed by atoms with Gasteiger partial charge >= 0.3 is 0 Å². The van der Waals surface area contributed by atoms with Gasteiger partial charge in [-0.25, -0.2) is 0 Å². The van der Waals surface area contributed by atoms with Gasteiger partial charge in [-0.15, -0.1) is 0 Å². The van der Waals surface area contributed by atoms with Crippen LogP contribution in [0.3, 0.4) is 0 Å². The largest absolute Gasteiger partial charge is 0.396 e. The van der Waals surface area contributed by atoms with Crippen LogP contribution in [0.2, 0.25) is 0 Å². The predicted octanol–water partition coefficient (Wildman–Crippen LogP) is 2.17. The molecule has 112 valence electrons. The molecule has 0 radical (unpaired) electrons. The van der Waals surface area contributed by atoms with E-state index in [0.29, 0.717) is 6.54 Å². The van der Waals surface area contributed by atoms with Crippen LogP contribution in [0.1, 0.15) is 31.2 Å². The fraction of sp³-hybridized carbons (Fsp3) is 0.471. The van der Waals surface area contributed by atoms with Gasteiger partial charge in [0, 0.05) is 36.2 Å². The Kier molecular flexibility index (Phi) is 4.08. The Balaban J connectivity index is 1.70. The van der Waals surface area contributed by atoms with Gasteiger partial charge in [0.1, 0.15) is 0 Å². The van der Waals surface area contributed by atoms with Crippen molar-refractivity contribution in [3.05, 3.63) is 46.2 Å². The molecule has 1 aromatic heterocycles. The Morgan fingerprint density at radius 3 is 2.76 bits per heavy atom. The van der Waals surface area contributed by atoms with Crippen molar-refractivity contribution in [2.75, 3.05) is 13.2 Å². The fourth-order valence-electron chi connectivity index (χ4n) is 3.30. The number of benzene rings is 1. The molecular formula is C17H22N2O2. The molecule has 4 nitrogen and oxygen atoms in total. The van der Waals surface area contributed by atoms with E-state index in [4.69, 9.17) is 0 Å². The van der Waals surface area contributed by atoms with Crippen LogP contribution in [-0.2, 0) is 6.54 Å². The fourth-order valence-corrected chi connectivity index (χ4v) is 3.30. The van der Waals surface area contributed by atoms with Gasteiger partial charge in [-0.2, -0.15) is 0 Å². The van der Waals surface area contributed by atoms with Crippen LogP contribution in [0, 0.1) is 5.41 Å². The molecule has 1 aliphatic rings. The molecule has 0 aliphatic heterocycles. The maximum Gasteiger partial charge on any atom is 0.252 e. The molecule has 1 fully saturated rings. The Morgan fingerprint density at radius 1 is 1.24 bits per heavy atom. The van der Waals surface area contributed by atoms with Crippen molar-refractivity contribution in [1.29, 1.82) is 0 Å². The predicted molar refractivity (Wildman–Crippen MR) is 84.3 cm³/mol. The van der Waals surface area contributed by atoms with Crippen LogP contribution >= 0.6 is 0 Å². The van der Waals surface area contributed by atoms with E-state index in [-0.39, 0.29) is 17.6 Å². The summed E-state index contributed by atoms with van der Waals surface area (Å²) in [5.41, 5.74) is 1.60. The quantitative estimate of drug-likeness (QED) is 0.789. The zero-order valence-corrected chi connectivity index (χ0v) is 12.2. The third-order valence-electron chi connectivity index (χ3n) is 4.65. The number of aromatic amines is 1. The van der Waals surface area contributed by atoms with Crippen molar-refractivity contribution in [1.82, 2.24) is 10.3 Å². The van der Waals surface area contributed by atoms with Gasteiger partial charge in [-0.3, -0.25) is 4.79 Å². The topological polar surface area (TPSA) is 65.1 Å². The van der Waals surface area contributed by atoms with E-state index in [2.05, 4.69) is 10.3 Å². The summed E-state index contributed by atoms with van der Waals surface area (Å²) in [6, 6.07) is 9.74. The van der Waals surface area contributed by atoms with Gasteiger partial charge in [-0.1, -0.05) is 31.0 Å². The van der Waals surface area contributed by atoms with Gasteiger partial charge in [0.05, 0.1) is 0 Å². The maximum absolute atomic E-state index is 12.1. The van der Waals surface area contributed by atoms with Gasteiger partial charge in [0.25, 0.3) is 5.56 Å². The molecule has 0 bridgehead atoms. The van der Waals surface area contributed by atoms with Crippen molar-refractivity contribution in [3.63, 3.8) is 0 Å². The SMILES string of the molecule is O=c1[nH]c2ccccc2cc1CNCC1(CO)CCCC1. The first kappa shape index (κ1) is 14.3. The first-order valence-electron chi connectivity index (χ1n) is 7.65. The van der Waals surface area contributed by atoms with E-state index in [1.165, 1.54) is 12.8 Å². The minimum atomic E-state index is -0.0364. The number of aromatic nitrogens is 1. The summed E-state index contributed by atoms with van der Waals surface area (Å²) in [5.74, 6) is 0. The number of H-pyrrole nitrogens is 1. The van der Waals surface area contributed by atoms with E-state index in [1.807, 2.05) is 30.3 Å². The molecule has 1 heterocycles. The highest BCUT2D eigenvalue weighted by Gasteiger charge is 2.32. The number of para-hydroxylation sites is 1. The number of nitrogens with one attached hydrogen (secondary N) is 2. The molecule has 21 heavy (non-hydrogen) atoms. The minimum Gasteiger partial charge on any atom is -0.396 e. The zero-order chi connectivity index (χ0) is 14.7. The van der Waals surface area contributed by atoms with Crippen LogP contribution in [0.15, 0.2) is 35.1 Å². The summed E-state index contributed by atoms with van der Waals surface area (Å²) in [4.78, 5) is 15.0. The molecule has 0 saturated heterocycles. The highest BCUT2D eigenvalue weighted by atomic mass is 16.3. The molecule has 0 spiro atoms. The van der Waals surface area contributed by atoms with Crippen LogP contribution in [0.25, 0.3) is 10.9 Å². The molecule has 2 aromatic rings. The number of pyridine rings is 1.